The number of fused-ring (bicyclic) bond motifs is 1. The summed E-state index contributed by atoms with van der Waals surface area (Å²) in [6.45, 7) is 0.871. The van der Waals surface area contributed by atoms with Crippen molar-refractivity contribution < 1.29 is 0 Å². The fourth-order valence-electron chi connectivity index (χ4n) is 2.14. The molecule has 0 saturated carbocycles. The van der Waals surface area contributed by atoms with Crippen LogP contribution in [0.25, 0.3) is 11.0 Å². The summed E-state index contributed by atoms with van der Waals surface area (Å²) in [5.74, 6) is 1.60. The van der Waals surface area contributed by atoms with E-state index in [4.69, 9.17) is 11.6 Å². The van der Waals surface area contributed by atoms with Crippen LogP contribution in [0.1, 0.15) is 11.5 Å². The molecule has 0 bridgehead atoms. The second kappa shape index (κ2) is 5.67. The molecule has 0 amide bonds. The lowest BCUT2D eigenvalue weighted by Crippen LogP contribution is -2.07. The predicted molar refractivity (Wildman–Crippen MR) is 77.8 cm³/mol. The molecule has 0 fully saturated rings. The fourth-order valence-corrected chi connectivity index (χ4v) is 2.91. The molecule has 3 aromatic heterocycles. The summed E-state index contributed by atoms with van der Waals surface area (Å²) in [4.78, 5) is 13.0. The summed E-state index contributed by atoms with van der Waals surface area (Å²) in [5, 5.41) is 2.09. The third-order valence-corrected chi connectivity index (χ3v) is 3.85. The quantitative estimate of drug-likeness (QED) is 0.679. The molecule has 3 rings (SSSR count). The number of aryl methyl sites for hydroxylation is 3. The lowest BCUT2D eigenvalue weighted by Gasteiger charge is -2.07. The van der Waals surface area contributed by atoms with Gasteiger partial charge in [-0.05, 0) is 6.07 Å². The topological polar surface area (TPSA) is 43.6 Å². The maximum Gasteiger partial charge on any atom is 0.111 e. The van der Waals surface area contributed by atoms with Crippen molar-refractivity contribution in [1.29, 1.82) is 0 Å². The van der Waals surface area contributed by atoms with Crippen molar-refractivity contribution in [3.8, 4) is 0 Å². The average Bonchev–Trinajstić information content (AvgIpc) is 3.04. The van der Waals surface area contributed by atoms with Crippen molar-refractivity contribution >= 4 is 34.0 Å². The monoisotopic (exact) mass is 292 g/mol. The number of rotatable bonds is 5. The molecule has 4 nitrogen and oxygen atoms in total. The number of thiazole rings is 1. The van der Waals surface area contributed by atoms with Gasteiger partial charge in [0.05, 0.1) is 22.9 Å². The summed E-state index contributed by atoms with van der Waals surface area (Å²) >= 11 is 7.48. The molecule has 0 spiro atoms. The lowest BCUT2D eigenvalue weighted by atomic mass is 10.3. The summed E-state index contributed by atoms with van der Waals surface area (Å²) < 4.78 is 2.22. The van der Waals surface area contributed by atoms with Crippen LogP contribution in [0.15, 0.2) is 29.4 Å². The van der Waals surface area contributed by atoms with Crippen molar-refractivity contribution in [2.45, 2.75) is 19.4 Å². The highest BCUT2D eigenvalue weighted by Crippen LogP contribution is 2.17. The van der Waals surface area contributed by atoms with Crippen molar-refractivity contribution in [2.75, 3.05) is 5.88 Å². The highest BCUT2D eigenvalue weighted by molar-refractivity contribution is 7.07. The zero-order chi connectivity index (χ0) is 13.1. The van der Waals surface area contributed by atoms with Gasteiger partial charge in [0.2, 0.25) is 0 Å². The van der Waals surface area contributed by atoms with Gasteiger partial charge in [-0.1, -0.05) is 0 Å². The number of aromatic nitrogens is 4. The van der Waals surface area contributed by atoms with Crippen LogP contribution in [0.4, 0.5) is 0 Å². The van der Waals surface area contributed by atoms with Gasteiger partial charge in [-0.25, -0.2) is 9.97 Å². The van der Waals surface area contributed by atoms with Gasteiger partial charge in [-0.2, -0.15) is 0 Å². The largest absolute Gasteiger partial charge is 0.327 e. The van der Waals surface area contributed by atoms with Crippen molar-refractivity contribution in [3.63, 3.8) is 0 Å². The van der Waals surface area contributed by atoms with Crippen LogP contribution < -0.4 is 0 Å². The first kappa shape index (κ1) is 12.6. The molecular weight excluding hydrogens is 280 g/mol. The number of hydrogen-bond acceptors (Lipinski definition) is 4. The molecule has 0 aliphatic rings. The summed E-state index contributed by atoms with van der Waals surface area (Å²) in [5.41, 5.74) is 5.04. The SMILES string of the molecule is ClCCc1nc2cnccc2n1CCc1cscn1. The van der Waals surface area contributed by atoms with Crippen molar-refractivity contribution in [1.82, 2.24) is 19.5 Å². The molecule has 0 unspecified atom stereocenters. The first-order chi connectivity index (χ1) is 9.38. The molecule has 0 atom stereocenters. The van der Waals surface area contributed by atoms with Crippen molar-refractivity contribution in [2.24, 2.45) is 0 Å². The van der Waals surface area contributed by atoms with Crippen LogP contribution in [0.5, 0.6) is 0 Å². The number of alkyl halides is 1. The molecular formula is C13H13ClN4S. The molecule has 0 aromatic carbocycles. The highest BCUT2D eigenvalue weighted by Gasteiger charge is 2.10. The van der Waals surface area contributed by atoms with Gasteiger partial charge in [0.25, 0.3) is 0 Å². The first-order valence-electron chi connectivity index (χ1n) is 6.10. The predicted octanol–water partition coefficient (Wildman–Crippen LogP) is 2.91. The Morgan fingerprint density at radius 3 is 3.05 bits per heavy atom. The molecule has 19 heavy (non-hydrogen) atoms. The van der Waals surface area contributed by atoms with E-state index in [-0.39, 0.29) is 0 Å². The van der Waals surface area contributed by atoms with E-state index >= 15 is 0 Å². The van der Waals surface area contributed by atoms with E-state index in [1.165, 1.54) is 0 Å². The van der Waals surface area contributed by atoms with Crippen LogP contribution in [0.3, 0.4) is 0 Å². The molecule has 0 aliphatic carbocycles. The smallest absolute Gasteiger partial charge is 0.111 e. The Morgan fingerprint density at radius 2 is 2.26 bits per heavy atom. The zero-order valence-electron chi connectivity index (χ0n) is 10.3. The van der Waals surface area contributed by atoms with Gasteiger partial charge in [-0.15, -0.1) is 22.9 Å². The van der Waals surface area contributed by atoms with E-state index in [1.54, 1.807) is 23.7 Å². The van der Waals surface area contributed by atoms with E-state index in [0.717, 1.165) is 41.9 Å². The van der Waals surface area contributed by atoms with Crippen LogP contribution >= 0.6 is 22.9 Å². The number of imidazole rings is 1. The van der Waals surface area contributed by atoms with Gasteiger partial charge in [0, 0.05) is 36.8 Å². The number of pyridine rings is 1. The summed E-state index contributed by atoms with van der Waals surface area (Å²) in [6, 6.07) is 2.00. The normalized spacial score (nSPS) is 11.2. The van der Waals surface area contributed by atoms with E-state index in [0.29, 0.717) is 5.88 Å². The number of hydrogen-bond donors (Lipinski definition) is 0. The van der Waals surface area contributed by atoms with Gasteiger partial charge in [-0.3, -0.25) is 4.98 Å². The Balaban J connectivity index is 1.92. The Morgan fingerprint density at radius 1 is 1.32 bits per heavy atom. The van der Waals surface area contributed by atoms with Gasteiger partial charge in [0.1, 0.15) is 11.3 Å². The second-order valence-corrected chi connectivity index (χ2v) is 5.31. The second-order valence-electron chi connectivity index (χ2n) is 4.21. The Bertz CT molecular complexity index is 662. The third-order valence-electron chi connectivity index (χ3n) is 3.02. The van der Waals surface area contributed by atoms with Crippen LogP contribution in [0, 0.1) is 0 Å². The van der Waals surface area contributed by atoms with Crippen molar-refractivity contribution in [3.05, 3.63) is 40.9 Å². The molecule has 3 aromatic rings. The average molecular weight is 293 g/mol. The Hall–Kier alpha value is -1.46. The van der Waals surface area contributed by atoms with Gasteiger partial charge in [0.15, 0.2) is 0 Å². The first-order valence-corrected chi connectivity index (χ1v) is 7.58. The van der Waals surface area contributed by atoms with E-state index in [2.05, 4.69) is 24.9 Å². The van der Waals surface area contributed by atoms with Gasteiger partial charge < -0.3 is 4.57 Å². The molecule has 0 radical (unpaired) electrons. The minimum atomic E-state index is 0.577. The van der Waals surface area contributed by atoms with Crippen LogP contribution in [-0.4, -0.2) is 25.4 Å². The molecule has 0 saturated heterocycles. The maximum absolute atomic E-state index is 5.86. The minimum absolute atomic E-state index is 0.577. The summed E-state index contributed by atoms with van der Waals surface area (Å²) in [7, 11) is 0. The minimum Gasteiger partial charge on any atom is -0.327 e. The molecule has 0 aliphatic heterocycles. The molecule has 6 heteroatoms. The Labute approximate surface area is 120 Å². The molecule has 98 valence electrons. The van der Waals surface area contributed by atoms with E-state index < -0.39 is 0 Å². The fraction of sp³-hybridized carbons (Fsp3) is 0.308. The van der Waals surface area contributed by atoms with Crippen LogP contribution in [-0.2, 0) is 19.4 Å². The van der Waals surface area contributed by atoms with Gasteiger partial charge >= 0.3 is 0 Å². The van der Waals surface area contributed by atoms with E-state index in [1.807, 2.05) is 11.6 Å². The third kappa shape index (κ3) is 2.62. The Kier molecular flexibility index (Phi) is 3.75. The highest BCUT2D eigenvalue weighted by atomic mass is 35.5. The zero-order valence-corrected chi connectivity index (χ0v) is 11.9. The molecule has 3 heterocycles. The van der Waals surface area contributed by atoms with Crippen LogP contribution in [0.2, 0.25) is 0 Å². The molecule has 0 N–H and O–H groups in total. The number of halogens is 1. The number of nitrogens with zero attached hydrogens (tertiary/aromatic N) is 4. The summed E-state index contributed by atoms with van der Waals surface area (Å²) in [6.07, 6.45) is 5.28. The van der Waals surface area contributed by atoms with E-state index in [9.17, 15) is 0 Å². The standard InChI is InChI=1S/C13H13ClN4S/c14-4-1-13-17-11-7-15-5-2-12(11)18(13)6-3-10-8-19-9-16-10/h2,5,7-9H,1,3-4,6H2. The maximum atomic E-state index is 5.86. The lowest BCUT2D eigenvalue weighted by molar-refractivity contribution is 0.668.